The van der Waals surface area contributed by atoms with Gasteiger partial charge >= 0.3 is 133 Å². The molecule has 0 N–H and O–H groups in total. The molecule has 0 heterocycles. The van der Waals surface area contributed by atoms with Crippen molar-refractivity contribution in [2.45, 2.75) is 20.1 Å². The minimum absolute atomic E-state index is 0.715. The van der Waals surface area contributed by atoms with Crippen molar-refractivity contribution in [1.82, 2.24) is 0 Å². The van der Waals surface area contributed by atoms with Gasteiger partial charge in [0.1, 0.15) is 0 Å². The summed E-state index contributed by atoms with van der Waals surface area (Å²) in [6.45, 7) is 2.40. The number of benzene rings is 2. The predicted octanol–water partition coefficient (Wildman–Crippen LogP) is 5.58. The summed E-state index contributed by atoms with van der Waals surface area (Å²) in [6.07, 6.45) is 9.65. The van der Waals surface area contributed by atoms with Crippen LogP contribution in [0.3, 0.4) is 0 Å². The van der Waals surface area contributed by atoms with E-state index in [0.29, 0.717) is 8.45 Å². The Morgan fingerprint density at radius 1 is 0.762 bits per heavy atom. The van der Waals surface area contributed by atoms with E-state index in [4.69, 9.17) is 0 Å². The van der Waals surface area contributed by atoms with Gasteiger partial charge in [-0.3, -0.25) is 0 Å². The maximum absolute atomic E-state index is 2.48. The van der Waals surface area contributed by atoms with E-state index in [2.05, 4.69) is 79.8 Å². The van der Waals surface area contributed by atoms with Crippen LogP contribution in [0.4, 0.5) is 0 Å². The third-order valence-corrected chi connectivity index (χ3v) is 10.1. The second-order valence-corrected chi connectivity index (χ2v) is 10.7. The summed E-state index contributed by atoms with van der Waals surface area (Å²) in [5.41, 5.74) is 6.03. The van der Waals surface area contributed by atoms with Crippen LogP contribution >= 0.6 is 0 Å². The monoisotopic (exact) mass is 307 g/mol. The van der Waals surface area contributed by atoms with Crippen LogP contribution in [0.1, 0.15) is 37.6 Å². The Balaban J connectivity index is 1.72. The Kier molecular flexibility index (Phi) is 3.45. The average Bonchev–Trinajstić information content (AvgIpc) is 3.14. The molecular weight excluding hydrogens is 288 g/mol. The molecule has 0 nitrogen and oxygen atoms in total. The van der Waals surface area contributed by atoms with E-state index in [1.807, 2.05) is 0 Å². The van der Waals surface area contributed by atoms with E-state index in [9.17, 15) is 0 Å². The normalized spacial score (nSPS) is 21.4. The molecule has 2 aromatic rings. The second kappa shape index (κ2) is 5.44. The standard InChI is InChI=1S/2C9H7.C2H5.Ti/c2*1-2-5-9-7-3-6-8(9)4-1;1-2;/h2*1-7H;1H2,2H3;. The molecule has 4 rings (SSSR count). The first-order valence-electron chi connectivity index (χ1n) is 7.78. The molecule has 21 heavy (non-hydrogen) atoms. The Bertz CT molecular complexity index is 665. The predicted molar refractivity (Wildman–Crippen MR) is 86.9 cm³/mol. The molecule has 0 saturated heterocycles. The molecule has 2 atom stereocenters. The zero-order chi connectivity index (χ0) is 14.2. The average molecular weight is 307 g/mol. The maximum atomic E-state index is 2.48. The number of hydrogen-bond donors (Lipinski definition) is 0. The van der Waals surface area contributed by atoms with Gasteiger partial charge in [-0.25, -0.2) is 0 Å². The van der Waals surface area contributed by atoms with Gasteiger partial charge in [0.15, 0.2) is 0 Å². The summed E-state index contributed by atoms with van der Waals surface area (Å²) in [5, 5.41) is 0. The summed E-state index contributed by atoms with van der Waals surface area (Å²) >= 11 is -1.29. The number of rotatable bonds is 3. The van der Waals surface area contributed by atoms with Gasteiger partial charge < -0.3 is 0 Å². The molecule has 0 spiro atoms. The first kappa shape index (κ1) is 13.3. The zero-order valence-corrected chi connectivity index (χ0v) is 13.9. The van der Waals surface area contributed by atoms with Crippen molar-refractivity contribution in [2.75, 3.05) is 0 Å². The number of fused-ring (bicyclic) bond motifs is 2. The van der Waals surface area contributed by atoms with E-state index < -0.39 is 17.9 Å². The van der Waals surface area contributed by atoms with Crippen LogP contribution < -0.4 is 0 Å². The van der Waals surface area contributed by atoms with Crippen LogP contribution in [0, 0.1) is 0 Å². The quantitative estimate of drug-likeness (QED) is 0.649. The molecule has 0 amide bonds. The second-order valence-electron chi connectivity index (χ2n) is 5.86. The fourth-order valence-electron chi connectivity index (χ4n) is 3.78. The molecule has 0 radical (unpaired) electrons. The Labute approximate surface area is 133 Å². The molecule has 0 saturated carbocycles. The van der Waals surface area contributed by atoms with Crippen LogP contribution in [0.5, 0.6) is 0 Å². The summed E-state index contributed by atoms with van der Waals surface area (Å²) in [6, 6.07) is 17.9. The molecule has 0 aromatic heterocycles. The van der Waals surface area contributed by atoms with Gasteiger partial charge in [0.05, 0.1) is 0 Å². The van der Waals surface area contributed by atoms with E-state index in [-0.39, 0.29) is 0 Å². The molecule has 0 fully saturated rings. The van der Waals surface area contributed by atoms with Crippen molar-refractivity contribution in [3.63, 3.8) is 0 Å². The Morgan fingerprint density at radius 2 is 1.24 bits per heavy atom. The van der Waals surface area contributed by atoms with Crippen molar-refractivity contribution >= 4 is 12.2 Å². The van der Waals surface area contributed by atoms with Gasteiger partial charge in [0.2, 0.25) is 0 Å². The Hall–Kier alpha value is -1.37. The first-order valence-corrected chi connectivity index (χ1v) is 10.7. The summed E-state index contributed by atoms with van der Waals surface area (Å²) in [7, 11) is 0. The molecular formula is C20H19Ti. The van der Waals surface area contributed by atoms with Crippen LogP contribution in [0.15, 0.2) is 60.7 Å². The third-order valence-electron chi connectivity index (χ3n) is 4.81. The van der Waals surface area contributed by atoms with Gasteiger partial charge in [-0.05, 0) is 0 Å². The SMILES string of the molecule is C[CH2][Ti]([CH]1C=Cc2ccccc21)[CH]1C=Cc2ccccc21. The van der Waals surface area contributed by atoms with Crippen LogP contribution in [0.25, 0.3) is 12.2 Å². The minimum atomic E-state index is -1.29. The van der Waals surface area contributed by atoms with Gasteiger partial charge in [-0.2, -0.15) is 0 Å². The van der Waals surface area contributed by atoms with Gasteiger partial charge in [0.25, 0.3) is 0 Å². The van der Waals surface area contributed by atoms with Crippen molar-refractivity contribution in [3.05, 3.63) is 82.9 Å². The van der Waals surface area contributed by atoms with Crippen molar-refractivity contribution in [3.8, 4) is 0 Å². The molecule has 2 aliphatic rings. The molecule has 0 bridgehead atoms. The summed E-state index contributed by atoms with van der Waals surface area (Å²) in [4.78, 5) is 0. The molecule has 103 valence electrons. The van der Waals surface area contributed by atoms with Crippen LogP contribution in [-0.4, -0.2) is 0 Å². The van der Waals surface area contributed by atoms with E-state index in [1.54, 1.807) is 11.1 Å². The molecule has 2 aromatic carbocycles. The summed E-state index contributed by atoms with van der Waals surface area (Å²) < 4.78 is 2.80. The van der Waals surface area contributed by atoms with Crippen molar-refractivity contribution in [1.29, 1.82) is 0 Å². The molecule has 2 unspecified atom stereocenters. The van der Waals surface area contributed by atoms with Gasteiger partial charge in [-0.15, -0.1) is 0 Å². The third kappa shape index (κ3) is 2.18. The fourth-order valence-corrected chi connectivity index (χ4v) is 8.90. The molecule has 2 aliphatic carbocycles. The van der Waals surface area contributed by atoms with Gasteiger partial charge in [0, 0.05) is 0 Å². The Morgan fingerprint density at radius 3 is 1.71 bits per heavy atom. The fraction of sp³-hybridized carbons (Fsp3) is 0.200. The first-order chi connectivity index (χ1) is 10.4. The van der Waals surface area contributed by atoms with Crippen LogP contribution in [0.2, 0.25) is 4.73 Å². The van der Waals surface area contributed by atoms with E-state index in [1.165, 1.54) is 15.9 Å². The number of allylic oxidation sites excluding steroid dienone is 2. The van der Waals surface area contributed by atoms with Crippen molar-refractivity contribution in [2.24, 2.45) is 0 Å². The van der Waals surface area contributed by atoms with Crippen molar-refractivity contribution < 1.29 is 17.9 Å². The van der Waals surface area contributed by atoms with Crippen LogP contribution in [-0.2, 0) is 17.9 Å². The topological polar surface area (TPSA) is 0 Å². The zero-order valence-electron chi connectivity index (χ0n) is 12.3. The number of hydrogen-bond acceptors (Lipinski definition) is 0. The molecule has 1 heteroatoms. The molecule has 0 aliphatic heterocycles. The van der Waals surface area contributed by atoms with E-state index in [0.717, 1.165) is 0 Å². The van der Waals surface area contributed by atoms with Gasteiger partial charge in [-0.1, -0.05) is 0 Å². The van der Waals surface area contributed by atoms with E-state index >= 15 is 0 Å². The summed E-state index contributed by atoms with van der Waals surface area (Å²) in [5.74, 6) is 0.